The molecule has 4 heteroatoms. The van der Waals surface area contributed by atoms with E-state index in [1.165, 1.54) is 10.4 Å². The third-order valence-corrected chi connectivity index (χ3v) is 3.66. The van der Waals surface area contributed by atoms with Crippen LogP contribution in [0.25, 0.3) is 0 Å². The molecule has 0 spiro atoms. The lowest BCUT2D eigenvalue weighted by Crippen LogP contribution is -1.99. The molecule has 0 aromatic carbocycles. The second-order valence-electron chi connectivity index (χ2n) is 3.42. The Kier molecular flexibility index (Phi) is 4.25. The number of nitrogens with zero attached hydrogens (tertiary/aromatic N) is 1. The van der Waals surface area contributed by atoms with Gasteiger partial charge < -0.3 is 5.32 Å². The summed E-state index contributed by atoms with van der Waals surface area (Å²) >= 11 is 3.59. The second-order valence-corrected chi connectivity index (χ2v) is 5.31. The maximum Gasteiger partial charge on any atom is 0.126 e. The molecule has 2 aromatic heterocycles. The Bertz CT molecular complexity index is 426. The van der Waals surface area contributed by atoms with Crippen LogP contribution in [-0.2, 0) is 12.3 Å². The van der Waals surface area contributed by atoms with Gasteiger partial charge in [0, 0.05) is 16.8 Å². The zero-order chi connectivity index (χ0) is 11.2. The molecule has 1 N–H and O–H groups in total. The van der Waals surface area contributed by atoms with Crippen LogP contribution in [0.15, 0.2) is 35.8 Å². The lowest BCUT2D eigenvalue weighted by atomic mass is 10.3. The van der Waals surface area contributed by atoms with E-state index >= 15 is 0 Å². The van der Waals surface area contributed by atoms with Gasteiger partial charge in [0.25, 0.3) is 0 Å². The van der Waals surface area contributed by atoms with Crippen molar-refractivity contribution < 1.29 is 0 Å². The molecule has 2 rings (SSSR count). The molecule has 0 fully saturated rings. The largest absolute Gasteiger partial charge is 0.365 e. The number of hydrogen-bond acceptors (Lipinski definition) is 4. The number of anilines is 1. The molecule has 0 saturated heterocycles. The van der Waals surface area contributed by atoms with Crippen LogP contribution >= 0.6 is 23.1 Å². The summed E-state index contributed by atoms with van der Waals surface area (Å²) in [6, 6.07) is 8.37. The molecule has 2 heterocycles. The Balaban J connectivity index is 1.96. The van der Waals surface area contributed by atoms with Gasteiger partial charge in [-0.15, -0.1) is 11.3 Å². The van der Waals surface area contributed by atoms with Crippen molar-refractivity contribution in [2.45, 2.75) is 12.3 Å². The average molecular weight is 250 g/mol. The van der Waals surface area contributed by atoms with Gasteiger partial charge in [-0.3, -0.25) is 0 Å². The third kappa shape index (κ3) is 3.25. The van der Waals surface area contributed by atoms with Crippen LogP contribution in [0.1, 0.15) is 10.4 Å². The number of rotatable bonds is 5. The Morgan fingerprint density at radius 1 is 1.44 bits per heavy atom. The molecule has 0 aliphatic rings. The Morgan fingerprint density at radius 2 is 2.38 bits per heavy atom. The first-order valence-electron chi connectivity index (χ1n) is 5.08. The summed E-state index contributed by atoms with van der Waals surface area (Å²) in [6.45, 7) is 0.855. The maximum absolute atomic E-state index is 4.31. The zero-order valence-corrected chi connectivity index (χ0v) is 10.8. The minimum absolute atomic E-state index is 0.855. The van der Waals surface area contributed by atoms with Gasteiger partial charge in [0.05, 0.1) is 6.54 Å². The predicted molar refractivity (Wildman–Crippen MR) is 73.1 cm³/mol. The third-order valence-electron chi connectivity index (χ3n) is 2.16. The molecule has 0 aliphatic carbocycles. The number of pyridine rings is 1. The van der Waals surface area contributed by atoms with Crippen molar-refractivity contribution in [2.24, 2.45) is 0 Å². The zero-order valence-electron chi connectivity index (χ0n) is 9.14. The SMILES string of the molecule is CSCc1ccnc(NCc2cccs2)c1. The standard InChI is InChI=1S/C12H14N2S2/c1-15-9-10-4-5-13-12(7-10)14-8-11-3-2-6-16-11/h2-7H,8-9H2,1H3,(H,13,14). The molecule has 84 valence electrons. The quantitative estimate of drug-likeness (QED) is 0.877. The van der Waals surface area contributed by atoms with Crippen molar-refractivity contribution >= 4 is 28.9 Å². The molecule has 0 aliphatic heterocycles. The van der Waals surface area contributed by atoms with E-state index in [2.05, 4.69) is 46.2 Å². The van der Waals surface area contributed by atoms with Gasteiger partial charge in [-0.25, -0.2) is 4.98 Å². The minimum Gasteiger partial charge on any atom is -0.365 e. The van der Waals surface area contributed by atoms with E-state index < -0.39 is 0 Å². The van der Waals surface area contributed by atoms with Crippen LogP contribution in [-0.4, -0.2) is 11.2 Å². The van der Waals surface area contributed by atoms with Gasteiger partial charge in [0.15, 0.2) is 0 Å². The highest BCUT2D eigenvalue weighted by atomic mass is 32.2. The molecule has 16 heavy (non-hydrogen) atoms. The summed E-state index contributed by atoms with van der Waals surface area (Å²) in [6.07, 6.45) is 3.97. The fourth-order valence-electron chi connectivity index (χ4n) is 1.42. The summed E-state index contributed by atoms with van der Waals surface area (Å²) in [7, 11) is 0. The van der Waals surface area contributed by atoms with E-state index in [0.29, 0.717) is 0 Å². The van der Waals surface area contributed by atoms with Crippen LogP contribution in [0, 0.1) is 0 Å². The van der Waals surface area contributed by atoms with Gasteiger partial charge in [0.2, 0.25) is 0 Å². The Hall–Kier alpha value is -1.00. The molecule has 0 bridgehead atoms. The lowest BCUT2D eigenvalue weighted by Gasteiger charge is -2.05. The molecule has 0 amide bonds. The summed E-state index contributed by atoms with van der Waals surface area (Å²) < 4.78 is 0. The first-order valence-corrected chi connectivity index (χ1v) is 7.36. The van der Waals surface area contributed by atoms with Crippen LogP contribution in [0.3, 0.4) is 0 Å². The average Bonchev–Trinajstić information content (AvgIpc) is 2.80. The van der Waals surface area contributed by atoms with Gasteiger partial charge in [0.1, 0.15) is 5.82 Å². The molecular weight excluding hydrogens is 236 g/mol. The highest BCUT2D eigenvalue weighted by Gasteiger charge is 1.97. The Labute approximate surface area is 104 Å². The monoisotopic (exact) mass is 250 g/mol. The van der Waals surface area contributed by atoms with Crippen molar-refractivity contribution in [1.82, 2.24) is 4.98 Å². The number of thiophene rings is 1. The summed E-state index contributed by atoms with van der Waals surface area (Å²) in [5.74, 6) is 2.00. The summed E-state index contributed by atoms with van der Waals surface area (Å²) in [5, 5.41) is 5.43. The van der Waals surface area contributed by atoms with Crippen molar-refractivity contribution in [3.05, 3.63) is 46.3 Å². The maximum atomic E-state index is 4.31. The first kappa shape index (κ1) is 11.5. The summed E-state index contributed by atoms with van der Waals surface area (Å²) in [5.41, 5.74) is 1.32. The normalized spacial score (nSPS) is 10.3. The molecule has 2 nitrogen and oxygen atoms in total. The van der Waals surface area contributed by atoms with Crippen LogP contribution < -0.4 is 5.32 Å². The van der Waals surface area contributed by atoms with Crippen molar-refractivity contribution in [2.75, 3.05) is 11.6 Å². The number of thioether (sulfide) groups is 1. The highest BCUT2D eigenvalue weighted by Crippen LogP contribution is 2.14. The van der Waals surface area contributed by atoms with Crippen LogP contribution in [0.5, 0.6) is 0 Å². The Morgan fingerprint density at radius 3 is 3.12 bits per heavy atom. The fraction of sp³-hybridized carbons (Fsp3) is 0.250. The van der Waals surface area contributed by atoms with E-state index in [1.807, 2.05) is 18.0 Å². The van der Waals surface area contributed by atoms with Gasteiger partial charge >= 0.3 is 0 Å². The molecule has 0 saturated carbocycles. The number of nitrogens with one attached hydrogen (secondary N) is 1. The van der Waals surface area contributed by atoms with Crippen molar-refractivity contribution in [3.63, 3.8) is 0 Å². The fourth-order valence-corrected chi connectivity index (χ4v) is 2.58. The lowest BCUT2D eigenvalue weighted by molar-refractivity contribution is 1.13. The molecule has 0 radical (unpaired) electrons. The highest BCUT2D eigenvalue weighted by molar-refractivity contribution is 7.97. The second kappa shape index (κ2) is 5.92. The van der Waals surface area contributed by atoms with E-state index in [0.717, 1.165) is 18.1 Å². The van der Waals surface area contributed by atoms with Crippen molar-refractivity contribution in [3.8, 4) is 0 Å². The first-order chi connectivity index (χ1) is 7.88. The molecule has 0 unspecified atom stereocenters. The summed E-state index contributed by atoms with van der Waals surface area (Å²) in [4.78, 5) is 5.64. The van der Waals surface area contributed by atoms with Crippen LogP contribution in [0.2, 0.25) is 0 Å². The van der Waals surface area contributed by atoms with Crippen LogP contribution in [0.4, 0.5) is 5.82 Å². The number of hydrogen-bond donors (Lipinski definition) is 1. The molecule has 0 atom stereocenters. The van der Waals surface area contributed by atoms with E-state index in [1.54, 1.807) is 11.3 Å². The minimum atomic E-state index is 0.855. The smallest absolute Gasteiger partial charge is 0.126 e. The molecule has 2 aromatic rings. The van der Waals surface area contributed by atoms with Gasteiger partial charge in [-0.1, -0.05) is 6.07 Å². The molecular formula is C12H14N2S2. The number of aromatic nitrogens is 1. The van der Waals surface area contributed by atoms with Gasteiger partial charge in [-0.05, 0) is 35.4 Å². The van der Waals surface area contributed by atoms with E-state index in [4.69, 9.17) is 0 Å². The van der Waals surface area contributed by atoms with Crippen molar-refractivity contribution in [1.29, 1.82) is 0 Å². The predicted octanol–water partition coefficient (Wildman–Crippen LogP) is 3.62. The van der Waals surface area contributed by atoms with Gasteiger partial charge in [-0.2, -0.15) is 11.8 Å². The van der Waals surface area contributed by atoms with E-state index in [9.17, 15) is 0 Å². The topological polar surface area (TPSA) is 24.9 Å². The van der Waals surface area contributed by atoms with E-state index in [-0.39, 0.29) is 0 Å².